The van der Waals surface area contributed by atoms with Gasteiger partial charge in [0.05, 0.1) is 35.5 Å². The Bertz CT molecular complexity index is 2210. The minimum Gasteiger partial charge on any atom is -0.458 e. The Morgan fingerprint density at radius 3 is 2.31 bits per heavy atom. The lowest BCUT2D eigenvalue weighted by atomic mass is 9.73. The van der Waals surface area contributed by atoms with Crippen LogP contribution in [-0.4, -0.2) is 119 Å². The van der Waals surface area contributed by atoms with E-state index in [1.807, 2.05) is 55.6 Å². The molecule has 1 amide bonds. The van der Waals surface area contributed by atoms with Crippen LogP contribution in [-0.2, 0) is 49.2 Å². The number of ketones is 2. The number of ether oxygens (including phenoxy) is 6. The molecular weight excluding hydrogens is 853 g/mol. The number of aromatic nitrogens is 2. The van der Waals surface area contributed by atoms with Gasteiger partial charge in [-0.15, -0.1) is 5.10 Å². The van der Waals surface area contributed by atoms with Gasteiger partial charge in [-0.3, -0.25) is 14.4 Å². The van der Waals surface area contributed by atoms with Gasteiger partial charge in [-0.25, -0.2) is 9.59 Å². The molecule has 350 valence electrons. The van der Waals surface area contributed by atoms with Crippen molar-refractivity contribution in [1.29, 1.82) is 0 Å². The van der Waals surface area contributed by atoms with E-state index in [4.69, 9.17) is 28.4 Å². The summed E-state index contributed by atoms with van der Waals surface area (Å²) in [5.74, 6) is 0.233. The highest BCUT2D eigenvalue weighted by Crippen LogP contribution is 2.41. The van der Waals surface area contributed by atoms with E-state index in [1.54, 1.807) is 71.9 Å². The number of carbonyl (C=O) groups excluding carboxylic acids is 5. The van der Waals surface area contributed by atoms with E-state index in [2.05, 4.69) is 26.7 Å². The Hall–Kier alpha value is -5.05. The molecule has 65 heavy (non-hydrogen) atoms. The summed E-state index contributed by atoms with van der Waals surface area (Å²) < 4.78 is 42.3. The van der Waals surface area contributed by atoms with Gasteiger partial charge in [-0.2, -0.15) is 0 Å². The van der Waals surface area contributed by atoms with Crippen molar-refractivity contribution in [3.8, 4) is 23.1 Å². The molecule has 0 spiro atoms. The van der Waals surface area contributed by atoms with Crippen molar-refractivity contribution in [2.75, 3.05) is 20.7 Å². The molecule has 4 heterocycles. The molecule has 1 N–H and O–H groups in total. The predicted octanol–water partition coefficient (Wildman–Crippen LogP) is 6.48. The molecule has 13 atom stereocenters. The van der Waals surface area contributed by atoms with Crippen LogP contribution in [0.3, 0.4) is 0 Å². The third kappa shape index (κ3) is 11.1. The number of esters is 2. The van der Waals surface area contributed by atoms with Crippen LogP contribution < -0.4 is 5.32 Å². The second kappa shape index (κ2) is 21.1. The fourth-order valence-corrected chi connectivity index (χ4v) is 9.97. The van der Waals surface area contributed by atoms with E-state index in [1.165, 1.54) is 18.5 Å². The molecule has 3 aromatic rings. The molecule has 3 aliphatic heterocycles. The van der Waals surface area contributed by atoms with Gasteiger partial charge >= 0.3 is 18.0 Å². The zero-order chi connectivity index (χ0) is 47.2. The number of carbonyl (C=O) groups is 5. The van der Waals surface area contributed by atoms with Gasteiger partial charge < -0.3 is 38.6 Å². The number of fused-ring (bicyclic) bond motifs is 1. The summed E-state index contributed by atoms with van der Waals surface area (Å²) >= 11 is 1.28. The van der Waals surface area contributed by atoms with E-state index in [0.29, 0.717) is 18.4 Å². The number of likely N-dealkylation sites (N-methyl/N-ethyl adjacent to an activating group) is 1. The Labute approximate surface area is 385 Å². The number of Topliss-reactive ketones (excluding diaryl/α,β-unsaturated/α-hetero) is 2. The monoisotopic (exact) mass is 914 g/mol. The molecule has 3 fully saturated rings. The van der Waals surface area contributed by atoms with Crippen LogP contribution in [0.15, 0.2) is 60.0 Å². The highest BCUT2D eigenvalue weighted by atomic mass is 32.1. The van der Waals surface area contributed by atoms with E-state index in [-0.39, 0.29) is 37.4 Å². The number of nitrogens with zero attached hydrogens (tertiary/aromatic N) is 3. The van der Waals surface area contributed by atoms with Crippen LogP contribution in [0.4, 0.5) is 4.79 Å². The fourth-order valence-electron chi connectivity index (χ4n) is 9.50. The first-order valence-electron chi connectivity index (χ1n) is 22.3. The van der Waals surface area contributed by atoms with Gasteiger partial charge in [0, 0.05) is 35.1 Å². The van der Waals surface area contributed by atoms with Crippen LogP contribution in [0, 0.1) is 35.5 Å². The lowest BCUT2D eigenvalue weighted by Gasteiger charge is -2.48. The Kier molecular flexibility index (Phi) is 16.0. The highest BCUT2D eigenvalue weighted by Gasteiger charge is 2.57. The molecule has 15 nitrogen and oxygen atoms in total. The molecule has 2 aromatic carbocycles. The zero-order valence-electron chi connectivity index (χ0n) is 38.9. The molecule has 0 bridgehead atoms. The third-order valence-electron chi connectivity index (χ3n) is 13.2. The summed E-state index contributed by atoms with van der Waals surface area (Å²) in [6.07, 6.45) is -4.33. The first-order valence-corrected chi connectivity index (χ1v) is 23.2. The summed E-state index contributed by atoms with van der Waals surface area (Å²) in [5.41, 5.74) is 0.158. The molecule has 3 aliphatic rings. The van der Waals surface area contributed by atoms with Gasteiger partial charge in [-0.1, -0.05) is 86.5 Å². The SMILES string of the molecule is CC[C@H]1OC(=O)[C@H](C)C(=O)[C@H](C)[C@@H](O[C@@H]2O[C@H](C)C[C@H](N(C)C)[C@H]2OC(=O)c2ccccc2)[C@](C)(OCC#CCc2ccc(-c3csnn3)cc2)C[C@@H](C)C(=O)[C@H](C)[C@H]2NC(=O)O[C@@]21C. The molecular formula is C49H62N4O11S. The topological polar surface area (TPSA) is 182 Å². The second-order valence-corrected chi connectivity index (χ2v) is 18.8. The van der Waals surface area contributed by atoms with Crippen LogP contribution in [0.2, 0.25) is 0 Å². The van der Waals surface area contributed by atoms with Crippen molar-refractivity contribution >= 4 is 41.1 Å². The predicted molar refractivity (Wildman–Crippen MR) is 241 cm³/mol. The van der Waals surface area contributed by atoms with E-state index in [0.717, 1.165) is 16.8 Å². The van der Waals surface area contributed by atoms with E-state index in [9.17, 15) is 24.0 Å². The number of rotatable bonds is 10. The van der Waals surface area contributed by atoms with Crippen molar-refractivity contribution in [2.24, 2.45) is 23.7 Å². The Balaban J connectivity index is 1.39. The maximum atomic E-state index is 14.8. The average molecular weight is 915 g/mol. The van der Waals surface area contributed by atoms with Gasteiger partial charge in [0.1, 0.15) is 30.1 Å². The number of nitrogens with one attached hydrogen (secondary N) is 1. The minimum absolute atomic E-state index is 0.0230. The summed E-state index contributed by atoms with van der Waals surface area (Å²) in [6, 6.07) is 15.2. The number of hydrogen-bond donors (Lipinski definition) is 1. The first-order chi connectivity index (χ1) is 30.9. The quantitative estimate of drug-likeness (QED) is 0.101. The highest BCUT2D eigenvalue weighted by molar-refractivity contribution is 7.03. The number of amides is 1. The lowest BCUT2D eigenvalue weighted by molar-refractivity contribution is -0.295. The lowest BCUT2D eigenvalue weighted by Crippen LogP contribution is -2.61. The summed E-state index contributed by atoms with van der Waals surface area (Å²) in [4.78, 5) is 72.0. The smallest absolute Gasteiger partial charge is 0.408 e. The van der Waals surface area contributed by atoms with Crippen LogP contribution in [0.5, 0.6) is 0 Å². The summed E-state index contributed by atoms with van der Waals surface area (Å²) in [6.45, 7) is 13.6. The number of cyclic esters (lactones) is 1. The molecule has 0 unspecified atom stereocenters. The van der Waals surface area contributed by atoms with Crippen molar-refractivity contribution in [2.45, 2.75) is 135 Å². The molecule has 0 saturated carbocycles. The maximum Gasteiger partial charge on any atom is 0.408 e. The van der Waals surface area contributed by atoms with Gasteiger partial charge in [0.25, 0.3) is 0 Å². The molecule has 16 heteroatoms. The van der Waals surface area contributed by atoms with E-state index >= 15 is 0 Å². The van der Waals surface area contributed by atoms with Crippen molar-refractivity contribution < 1.29 is 52.4 Å². The molecule has 3 saturated heterocycles. The van der Waals surface area contributed by atoms with Crippen LogP contribution in [0.25, 0.3) is 11.3 Å². The van der Waals surface area contributed by atoms with Crippen LogP contribution in [0.1, 0.15) is 90.6 Å². The molecule has 0 radical (unpaired) electrons. The van der Waals surface area contributed by atoms with Gasteiger partial charge in [0.2, 0.25) is 0 Å². The zero-order valence-corrected chi connectivity index (χ0v) is 39.7. The number of alkyl carbamates (subject to hydrolysis) is 1. The van der Waals surface area contributed by atoms with Gasteiger partial charge in [0.15, 0.2) is 23.8 Å². The van der Waals surface area contributed by atoms with Crippen molar-refractivity contribution in [1.82, 2.24) is 19.8 Å². The van der Waals surface area contributed by atoms with E-state index < -0.39 is 89.3 Å². The Morgan fingerprint density at radius 1 is 0.954 bits per heavy atom. The van der Waals surface area contributed by atoms with Crippen molar-refractivity contribution in [3.05, 3.63) is 71.1 Å². The minimum atomic E-state index is -1.47. The summed E-state index contributed by atoms with van der Waals surface area (Å²) in [5, 5.41) is 8.82. The van der Waals surface area contributed by atoms with Crippen LogP contribution >= 0.6 is 11.5 Å². The van der Waals surface area contributed by atoms with Gasteiger partial charge in [-0.05, 0) is 90.3 Å². The summed E-state index contributed by atoms with van der Waals surface area (Å²) in [7, 11) is 3.76. The molecule has 1 aromatic heterocycles. The maximum absolute atomic E-state index is 14.8. The Morgan fingerprint density at radius 2 is 1.66 bits per heavy atom. The molecule has 6 rings (SSSR count). The van der Waals surface area contributed by atoms with Crippen molar-refractivity contribution in [3.63, 3.8) is 0 Å². The molecule has 0 aliphatic carbocycles. The average Bonchev–Trinajstić information content (AvgIpc) is 3.94. The first kappa shape index (κ1) is 49.4. The number of benzene rings is 2. The third-order valence-corrected chi connectivity index (χ3v) is 13.7. The fraction of sp³-hybridized carbons (Fsp3) is 0.571. The second-order valence-electron chi connectivity index (χ2n) is 18.2. The largest absolute Gasteiger partial charge is 0.458 e. The normalized spacial score (nSPS) is 33.4. The standard InChI is InChI=1S/C49H62N4O11S/c1-11-38-49(8)42(50-47(58)64-49)30(4)39(54)28(2)26-48(7,59-24-16-15-17-33-20-22-34(23-21-33)36-27-65-52-51-36)43(31(5)40(55)32(6)44(56)61-38)63-46-41(37(53(9)10)25-29(3)60-46)62-45(57)35-18-13-12-14-19-35/h12-14,18-23,27-32,37-38,41-43,46H,11,17,24-26H2,1-10H3,(H,50,58)/t28-,29-,30+,31+,32-,37+,38-,41-,42-,43-,46+,48-,49-/m1/s1. The number of hydrogen-bond acceptors (Lipinski definition) is 15.